The van der Waals surface area contributed by atoms with Gasteiger partial charge in [-0.2, -0.15) is 10.2 Å². The van der Waals surface area contributed by atoms with Gasteiger partial charge in [0.1, 0.15) is 5.71 Å². The Kier molecular flexibility index (Phi) is 6.68. The predicted molar refractivity (Wildman–Crippen MR) is 105 cm³/mol. The molecule has 2 aromatic carbocycles. The molecule has 0 amide bonds. The minimum Gasteiger partial charge on any atom is -0.378 e. The molecule has 0 aliphatic rings. The van der Waals surface area contributed by atoms with Crippen LogP contribution >= 0.6 is 11.6 Å². The van der Waals surface area contributed by atoms with E-state index in [1.807, 2.05) is 48.7 Å². The molecule has 0 atom stereocenters. The highest BCUT2D eigenvalue weighted by molar-refractivity contribution is 6.40. The number of aliphatic imine (C=N–C) groups is 1. The summed E-state index contributed by atoms with van der Waals surface area (Å²) in [5, 5.41) is 18.0. The van der Waals surface area contributed by atoms with Gasteiger partial charge in [-0.15, -0.1) is 0 Å². The number of nitrogens with zero attached hydrogens (tertiary/aromatic N) is 4. The van der Waals surface area contributed by atoms with Crippen LogP contribution in [0.1, 0.15) is 12.5 Å². The van der Waals surface area contributed by atoms with Crippen LogP contribution in [0, 0.1) is 0 Å². The largest absolute Gasteiger partial charge is 0.378 e. The van der Waals surface area contributed by atoms with Gasteiger partial charge in [-0.05, 0) is 48.9 Å². The Morgan fingerprint density at radius 1 is 1.08 bits per heavy atom. The van der Waals surface area contributed by atoms with Crippen molar-refractivity contribution in [3.63, 3.8) is 0 Å². The fourth-order valence-corrected chi connectivity index (χ4v) is 2.05. The first-order valence-electron chi connectivity index (χ1n) is 7.59. The van der Waals surface area contributed by atoms with Crippen LogP contribution in [0.2, 0.25) is 5.02 Å². The number of hydroxylamine groups is 1. The van der Waals surface area contributed by atoms with Gasteiger partial charge in [0.25, 0.3) is 0 Å². The fraction of sp³-hybridized carbons (Fsp3) is 0.167. The molecule has 0 aromatic heterocycles. The average Bonchev–Trinajstić information content (AvgIpc) is 2.61. The van der Waals surface area contributed by atoms with Gasteiger partial charge in [0.2, 0.25) is 0 Å². The number of rotatable bonds is 5. The van der Waals surface area contributed by atoms with Crippen LogP contribution < -0.4 is 10.4 Å². The summed E-state index contributed by atoms with van der Waals surface area (Å²) in [6.07, 6.45) is 1.64. The first kappa shape index (κ1) is 18.6. The van der Waals surface area contributed by atoms with E-state index in [0.29, 0.717) is 16.4 Å². The minimum absolute atomic E-state index is 0.211. The number of nitrogens with one attached hydrogen (secondary N) is 1. The van der Waals surface area contributed by atoms with Crippen molar-refractivity contribution in [2.75, 3.05) is 19.0 Å². The third-order valence-corrected chi connectivity index (χ3v) is 3.59. The molecule has 7 heteroatoms. The third kappa shape index (κ3) is 5.70. The molecule has 0 fully saturated rings. The predicted octanol–water partition coefficient (Wildman–Crippen LogP) is 3.91. The quantitative estimate of drug-likeness (QED) is 0.484. The van der Waals surface area contributed by atoms with Crippen molar-refractivity contribution in [1.29, 1.82) is 0 Å². The number of amidine groups is 1. The second kappa shape index (κ2) is 8.96. The lowest BCUT2D eigenvalue weighted by Gasteiger charge is -2.11. The lowest BCUT2D eigenvalue weighted by molar-refractivity contribution is 0.236. The third-order valence-electron chi connectivity index (χ3n) is 3.34. The minimum atomic E-state index is 0.211. The molecule has 0 bridgehead atoms. The van der Waals surface area contributed by atoms with Gasteiger partial charge in [0, 0.05) is 24.8 Å². The van der Waals surface area contributed by atoms with Crippen molar-refractivity contribution in [3.05, 3.63) is 59.1 Å². The van der Waals surface area contributed by atoms with E-state index < -0.39 is 0 Å². The van der Waals surface area contributed by atoms with Crippen molar-refractivity contribution in [2.45, 2.75) is 6.92 Å². The number of benzene rings is 2. The topological polar surface area (TPSA) is 72.6 Å². The standard InChI is InChI=1S/C18H20ClN5O/c1-13(18(23-25)21-16-8-6-15(19)7-9-16)22-20-12-14-4-10-17(11-5-14)24(2)3/h4-12,25H,1-3H3,(H,21,23)/b20-12+,22-13+. The molecule has 0 spiro atoms. The first-order chi connectivity index (χ1) is 12.0. The fourth-order valence-electron chi connectivity index (χ4n) is 1.92. The summed E-state index contributed by atoms with van der Waals surface area (Å²) >= 11 is 5.84. The molecule has 130 valence electrons. The van der Waals surface area contributed by atoms with E-state index in [0.717, 1.165) is 11.3 Å². The Balaban J connectivity index is 2.11. The number of anilines is 1. The molecule has 25 heavy (non-hydrogen) atoms. The van der Waals surface area contributed by atoms with Crippen LogP contribution in [-0.4, -0.2) is 37.1 Å². The summed E-state index contributed by atoms with van der Waals surface area (Å²) in [5.74, 6) is 0.211. The summed E-state index contributed by atoms with van der Waals surface area (Å²) in [7, 11) is 3.97. The lowest BCUT2D eigenvalue weighted by atomic mass is 10.2. The van der Waals surface area contributed by atoms with Crippen LogP contribution in [0.25, 0.3) is 0 Å². The zero-order valence-electron chi connectivity index (χ0n) is 14.3. The average molecular weight is 358 g/mol. The Morgan fingerprint density at radius 2 is 1.72 bits per heavy atom. The van der Waals surface area contributed by atoms with Gasteiger partial charge in [0.05, 0.1) is 11.9 Å². The van der Waals surface area contributed by atoms with Crippen molar-refractivity contribution in [2.24, 2.45) is 15.2 Å². The summed E-state index contributed by atoms with van der Waals surface area (Å²) < 4.78 is 0. The Hall–Kier alpha value is -2.70. The highest BCUT2D eigenvalue weighted by atomic mass is 35.5. The van der Waals surface area contributed by atoms with Crippen molar-refractivity contribution in [3.8, 4) is 0 Å². The molecule has 0 heterocycles. The zero-order chi connectivity index (χ0) is 18.2. The second-order valence-electron chi connectivity index (χ2n) is 5.46. The maximum Gasteiger partial charge on any atom is 0.173 e. The van der Waals surface area contributed by atoms with E-state index in [1.54, 1.807) is 37.4 Å². The number of halogens is 1. The highest BCUT2D eigenvalue weighted by Gasteiger charge is 2.03. The number of hydrogen-bond donors (Lipinski definition) is 2. The highest BCUT2D eigenvalue weighted by Crippen LogP contribution is 2.16. The van der Waals surface area contributed by atoms with Gasteiger partial charge < -0.3 is 4.90 Å². The van der Waals surface area contributed by atoms with Gasteiger partial charge >= 0.3 is 0 Å². The molecule has 2 rings (SSSR count). The SMILES string of the molecule is C/C(=N\N=C\c1ccc(N(C)C)cc1)C(=Nc1ccc(Cl)cc1)NO. The zero-order valence-corrected chi connectivity index (χ0v) is 15.1. The summed E-state index contributed by atoms with van der Waals surface area (Å²) in [5.41, 5.74) is 5.16. The molecule has 0 saturated carbocycles. The van der Waals surface area contributed by atoms with E-state index in [4.69, 9.17) is 11.6 Å². The number of hydrogen-bond acceptors (Lipinski definition) is 5. The molecule has 2 N–H and O–H groups in total. The van der Waals surface area contributed by atoms with E-state index in [1.165, 1.54) is 0 Å². The van der Waals surface area contributed by atoms with Gasteiger partial charge in [0.15, 0.2) is 5.84 Å². The normalized spacial score (nSPS) is 12.5. The van der Waals surface area contributed by atoms with Crippen LogP contribution in [-0.2, 0) is 0 Å². The Morgan fingerprint density at radius 3 is 2.28 bits per heavy atom. The second-order valence-corrected chi connectivity index (χ2v) is 5.90. The van der Waals surface area contributed by atoms with Crippen molar-refractivity contribution in [1.82, 2.24) is 5.48 Å². The molecule has 6 nitrogen and oxygen atoms in total. The molecule has 0 saturated heterocycles. The molecular weight excluding hydrogens is 338 g/mol. The molecule has 0 unspecified atom stereocenters. The molecule has 2 aromatic rings. The van der Waals surface area contributed by atoms with Crippen LogP contribution in [0.4, 0.5) is 11.4 Å². The van der Waals surface area contributed by atoms with E-state index in [-0.39, 0.29) is 5.84 Å². The Labute approximate surface area is 152 Å². The maximum atomic E-state index is 9.27. The van der Waals surface area contributed by atoms with Crippen LogP contribution in [0.5, 0.6) is 0 Å². The van der Waals surface area contributed by atoms with Gasteiger partial charge in [-0.1, -0.05) is 23.7 Å². The summed E-state index contributed by atoms with van der Waals surface area (Å²) in [6, 6.07) is 14.8. The van der Waals surface area contributed by atoms with Crippen molar-refractivity contribution < 1.29 is 5.21 Å². The van der Waals surface area contributed by atoms with E-state index in [2.05, 4.69) is 15.2 Å². The van der Waals surface area contributed by atoms with Gasteiger partial charge in [-0.25, -0.2) is 4.99 Å². The lowest BCUT2D eigenvalue weighted by Crippen LogP contribution is -2.26. The maximum absolute atomic E-state index is 9.27. The molecule has 0 radical (unpaired) electrons. The smallest absolute Gasteiger partial charge is 0.173 e. The van der Waals surface area contributed by atoms with Crippen LogP contribution in [0.15, 0.2) is 63.7 Å². The summed E-state index contributed by atoms with van der Waals surface area (Å²) in [4.78, 5) is 6.28. The molecule has 0 aliphatic carbocycles. The Bertz CT molecular complexity index is 780. The monoisotopic (exact) mass is 357 g/mol. The van der Waals surface area contributed by atoms with E-state index in [9.17, 15) is 5.21 Å². The molecule has 0 aliphatic heterocycles. The first-order valence-corrected chi connectivity index (χ1v) is 7.97. The van der Waals surface area contributed by atoms with Crippen LogP contribution in [0.3, 0.4) is 0 Å². The molecular formula is C18H20ClN5O. The van der Waals surface area contributed by atoms with Crippen molar-refractivity contribution >= 4 is 40.7 Å². The van der Waals surface area contributed by atoms with E-state index >= 15 is 0 Å². The summed E-state index contributed by atoms with van der Waals surface area (Å²) in [6.45, 7) is 1.70. The van der Waals surface area contributed by atoms with Gasteiger partial charge in [-0.3, -0.25) is 10.7 Å².